The molecule has 0 unspecified atom stereocenters. The fourth-order valence-electron chi connectivity index (χ4n) is 2.09. The van der Waals surface area contributed by atoms with E-state index < -0.39 is 0 Å². The first-order chi connectivity index (χ1) is 9.55. The molecule has 1 aromatic rings. The number of aryl methyl sites for hydroxylation is 1. The first-order valence-electron chi connectivity index (χ1n) is 7.25. The molecule has 1 rings (SSSR count). The molecule has 20 heavy (non-hydrogen) atoms. The van der Waals surface area contributed by atoms with Crippen LogP contribution < -0.4 is 15.8 Å². The molecule has 4 heteroatoms. The molecule has 3 N–H and O–H groups in total. The van der Waals surface area contributed by atoms with Gasteiger partial charge in [0.05, 0.1) is 18.6 Å². The average Bonchev–Trinajstić information content (AvgIpc) is 2.45. The van der Waals surface area contributed by atoms with Gasteiger partial charge in [-0.25, -0.2) is 0 Å². The fraction of sp³-hybridized carbons (Fsp3) is 0.562. The summed E-state index contributed by atoms with van der Waals surface area (Å²) in [6.45, 7) is 6.94. The van der Waals surface area contributed by atoms with Gasteiger partial charge in [0.25, 0.3) is 0 Å². The smallest absolute Gasteiger partial charge is 0.223 e. The number of hydrogen-bond donors (Lipinski definition) is 2. The average molecular weight is 278 g/mol. The molecule has 0 heterocycles. The number of amides is 1. The maximum atomic E-state index is 11.9. The van der Waals surface area contributed by atoms with Gasteiger partial charge in [-0.2, -0.15) is 0 Å². The van der Waals surface area contributed by atoms with Crippen LogP contribution in [0.25, 0.3) is 0 Å². The van der Waals surface area contributed by atoms with Crippen molar-refractivity contribution in [2.24, 2.45) is 5.73 Å². The molecular formula is C16H26N2O2. The minimum absolute atomic E-state index is 0.00759. The minimum atomic E-state index is -0.277. The summed E-state index contributed by atoms with van der Waals surface area (Å²) < 4.78 is 5.58. The summed E-state index contributed by atoms with van der Waals surface area (Å²) in [5.74, 6) is 0.792. The molecule has 0 aliphatic carbocycles. The van der Waals surface area contributed by atoms with Gasteiger partial charge >= 0.3 is 0 Å². The third-order valence-corrected chi connectivity index (χ3v) is 3.74. The lowest BCUT2D eigenvalue weighted by molar-refractivity contribution is -0.123. The van der Waals surface area contributed by atoms with Crippen molar-refractivity contribution in [2.45, 2.75) is 45.6 Å². The SMILES string of the molecule is CCC(CC)(CN)NC(=O)CCOc1cccc(C)c1. The number of rotatable bonds is 8. The zero-order valence-electron chi connectivity index (χ0n) is 12.7. The van der Waals surface area contributed by atoms with Gasteiger partial charge in [-0.1, -0.05) is 26.0 Å². The summed E-state index contributed by atoms with van der Waals surface area (Å²) >= 11 is 0. The second-order valence-electron chi connectivity index (χ2n) is 5.15. The van der Waals surface area contributed by atoms with Crippen LogP contribution >= 0.6 is 0 Å². The summed E-state index contributed by atoms with van der Waals surface area (Å²) in [7, 11) is 0. The van der Waals surface area contributed by atoms with Crippen LogP contribution in [-0.2, 0) is 4.79 Å². The number of carbonyl (C=O) groups is 1. The molecule has 0 saturated carbocycles. The van der Waals surface area contributed by atoms with E-state index in [9.17, 15) is 4.79 Å². The Bertz CT molecular complexity index is 420. The summed E-state index contributed by atoms with van der Waals surface area (Å²) in [6.07, 6.45) is 2.02. The molecule has 0 radical (unpaired) electrons. The Balaban J connectivity index is 2.40. The van der Waals surface area contributed by atoms with E-state index in [4.69, 9.17) is 10.5 Å². The number of carbonyl (C=O) groups excluding carboxylic acids is 1. The fourth-order valence-corrected chi connectivity index (χ4v) is 2.09. The van der Waals surface area contributed by atoms with Crippen LogP contribution in [-0.4, -0.2) is 24.6 Å². The van der Waals surface area contributed by atoms with Crippen LogP contribution in [0.2, 0.25) is 0 Å². The van der Waals surface area contributed by atoms with E-state index in [0.29, 0.717) is 19.6 Å². The highest BCUT2D eigenvalue weighted by atomic mass is 16.5. The van der Waals surface area contributed by atoms with Crippen LogP contribution in [0.3, 0.4) is 0 Å². The molecule has 0 spiro atoms. The van der Waals surface area contributed by atoms with Crippen molar-refractivity contribution >= 4 is 5.91 Å². The lowest BCUT2D eigenvalue weighted by atomic mass is 9.93. The Kier molecular flexibility index (Phi) is 6.52. The summed E-state index contributed by atoms with van der Waals surface area (Å²) in [4.78, 5) is 11.9. The van der Waals surface area contributed by atoms with Crippen LogP contribution in [0, 0.1) is 6.92 Å². The second-order valence-corrected chi connectivity index (χ2v) is 5.15. The predicted octanol–water partition coefficient (Wildman–Crippen LogP) is 2.40. The highest BCUT2D eigenvalue weighted by Gasteiger charge is 2.25. The van der Waals surface area contributed by atoms with Gasteiger partial charge in [0.1, 0.15) is 5.75 Å². The van der Waals surface area contributed by atoms with Crippen LogP contribution in [0.15, 0.2) is 24.3 Å². The van der Waals surface area contributed by atoms with E-state index in [1.165, 1.54) is 0 Å². The normalized spacial score (nSPS) is 11.2. The summed E-state index contributed by atoms with van der Waals surface area (Å²) in [5, 5.41) is 3.03. The predicted molar refractivity (Wildman–Crippen MR) is 81.8 cm³/mol. The van der Waals surface area contributed by atoms with E-state index in [-0.39, 0.29) is 11.4 Å². The topological polar surface area (TPSA) is 64.3 Å². The molecule has 4 nitrogen and oxygen atoms in total. The van der Waals surface area contributed by atoms with Crippen LogP contribution in [0.1, 0.15) is 38.7 Å². The quantitative estimate of drug-likeness (QED) is 0.767. The lowest BCUT2D eigenvalue weighted by Gasteiger charge is -2.31. The molecule has 0 atom stereocenters. The van der Waals surface area contributed by atoms with E-state index in [1.807, 2.05) is 45.0 Å². The molecule has 0 fully saturated rings. The zero-order chi connectivity index (χ0) is 15.0. The molecule has 0 aliphatic rings. The van der Waals surface area contributed by atoms with Gasteiger partial charge in [0.15, 0.2) is 0 Å². The monoisotopic (exact) mass is 278 g/mol. The largest absolute Gasteiger partial charge is 0.493 e. The Labute approximate surface area is 121 Å². The molecule has 1 amide bonds. The number of benzene rings is 1. The van der Waals surface area contributed by atoms with Crippen molar-refractivity contribution in [3.05, 3.63) is 29.8 Å². The molecule has 112 valence electrons. The molecule has 0 saturated heterocycles. The lowest BCUT2D eigenvalue weighted by Crippen LogP contribution is -2.53. The number of nitrogens with one attached hydrogen (secondary N) is 1. The van der Waals surface area contributed by atoms with Crippen LogP contribution in [0.5, 0.6) is 5.75 Å². The van der Waals surface area contributed by atoms with Crippen molar-refractivity contribution in [1.29, 1.82) is 0 Å². The van der Waals surface area contributed by atoms with Gasteiger partial charge in [0.2, 0.25) is 5.91 Å². The van der Waals surface area contributed by atoms with Gasteiger partial charge in [0, 0.05) is 6.54 Å². The highest BCUT2D eigenvalue weighted by Crippen LogP contribution is 2.14. The van der Waals surface area contributed by atoms with E-state index >= 15 is 0 Å². The zero-order valence-corrected chi connectivity index (χ0v) is 12.7. The maximum Gasteiger partial charge on any atom is 0.223 e. The van der Waals surface area contributed by atoms with E-state index in [1.54, 1.807) is 0 Å². The van der Waals surface area contributed by atoms with Crippen molar-refractivity contribution in [3.63, 3.8) is 0 Å². The molecule has 0 aliphatic heterocycles. The van der Waals surface area contributed by atoms with Crippen molar-refractivity contribution in [3.8, 4) is 5.75 Å². The number of hydrogen-bond acceptors (Lipinski definition) is 3. The minimum Gasteiger partial charge on any atom is -0.493 e. The molecule has 0 aromatic heterocycles. The van der Waals surface area contributed by atoms with Gasteiger partial charge < -0.3 is 15.8 Å². The Morgan fingerprint density at radius 1 is 1.35 bits per heavy atom. The first kappa shape index (κ1) is 16.5. The maximum absolute atomic E-state index is 11.9. The molecule has 1 aromatic carbocycles. The molecular weight excluding hydrogens is 252 g/mol. The summed E-state index contributed by atoms with van der Waals surface area (Å²) in [6, 6.07) is 7.81. The van der Waals surface area contributed by atoms with Gasteiger partial charge in [-0.05, 0) is 37.5 Å². The van der Waals surface area contributed by atoms with E-state index in [0.717, 1.165) is 24.2 Å². The van der Waals surface area contributed by atoms with Gasteiger partial charge in [-0.15, -0.1) is 0 Å². The Morgan fingerprint density at radius 2 is 2.05 bits per heavy atom. The van der Waals surface area contributed by atoms with Crippen molar-refractivity contribution < 1.29 is 9.53 Å². The first-order valence-corrected chi connectivity index (χ1v) is 7.25. The Hall–Kier alpha value is -1.55. The Morgan fingerprint density at radius 3 is 2.60 bits per heavy atom. The second kappa shape index (κ2) is 7.90. The van der Waals surface area contributed by atoms with Crippen molar-refractivity contribution in [2.75, 3.05) is 13.2 Å². The van der Waals surface area contributed by atoms with Crippen molar-refractivity contribution in [1.82, 2.24) is 5.32 Å². The van der Waals surface area contributed by atoms with Gasteiger partial charge in [-0.3, -0.25) is 4.79 Å². The number of ether oxygens (including phenoxy) is 1. The number of nitrogens with two attached hydrogens (primary N) is 1. The third-order valence-electron chi connectivity index (χ3n) is 3.74. The molecule has 0 bridgehead atoms. The highest BCUT2D eigenvalue weighted by molar-refractivity contribution is 5.77. The van der Waals surface area contributed by atoms with E-state index in [2.05, 4.69) is 5.32 Å². The third kappa shape index (κ3) is 4.85. The van der Waals surface area contributed by atoms with Crippen LogP contribution in [0.4, 0.5) is 0 Å². The standard InChI is InChI=1S/C16H26N2O2/c1-4-16(5-2,12-17)18-15(19)9-10-20-14-8-6-7-13(3)11-14/h6-8,11H,4-5,9-10,12,17H2,1-3H3,(H,18,19). The summed E-state index contributed by atoms with van der Waals surface area (Å²) in [5.41, 5.74) is 6.63.